The maximum Gasteiger partial charge on any atom is 0.240 e. The Morgan fingerprint density at radius 3 is 2.50 bits per heavy atom. The van der Waals surface area contributed by atoms with Crippen molar-refractivity contribution in [3.8, 4) is 0 Å². The molecule has 0 unspecified atom stereocenters. The van der Waals surface area contributed by atoms with E-state index in [4.69, 9.17) is 11.6 Å². The van der Waals surface area contributed by atoms with Crippen molar-refractivity contribution < 1.29 is 8.42 Å². The Morgan fingerprint density at radius 1 is 1.30 bits per heavy atom. The average Bonchev–Trinajstić information content (AvgIpc) is 2.42. The molecule has 1 rings (SSSR count). The van der Waals surface area contributed by atoms with E-state index in [1.54, 1.807) is 6.07 Å². The molecule has 114 valence electrons. The van der Waals surface area contributed by atoms with E-state index in [1.165, 1.54) is 12.1 Å². The lowest BCUT2D eigenvalue weighted by molar-refractivity contribution is 0.300. The van der Waals surface area contributed by atoms with Gasteiger partial charge in [0, 0.05) is 11.0 Å². The molecule has 7 heteroatoms. The summed E-state index contributed by atoms with van der Waals surface area (Å²) in [4.78, 5) is 2.48. The summed E-state index contributed by atoms with van der Waals surface area (Å²) in [6.45, 7) is 7.47. The fourth-order valence-electron chi connectivity index (χ4n) is 1.78. The third kappa shape index (κ3) is 5.33. The van der Waals surface area contributed by atoms with Crippen molar-refractivity contribution in [2.75, 3.05) is 26.2 Å². The minimum atomic E-state index is -3.47. The van der Waals surface area contributed by atoms with Crippen LogP contribution in [-0.4, -0.2) is 39.5 Å². The highest BCUT2D eigenvalue weighted by Gasteiger charge is 2.14. The topological polar surface area (TPSA) is 49.4 Å². The monoisotopic (exact) mass is 382 g/mol. The van der Waals surface area contributed by atoms with Gasteiger partial charge in [0.25, 0.3) is 0 Å². The van der Waals surface area contributed by atoms with Gasteiger partial charge in [-0.3, -0.25) is 0 Å². The molecule has 0 aliphatic heterocycles. The lowest BCUT2D eigenvalue weighted by atomic mass is 10.4. The number of hydrogen-bond donors (Lipinski definition) is 1. The SMILES string of the molecule is CCN(CC)CCCNS(=O)(=O)c1ccc(Cl)c(Br)c1. The molecule has 4 nitrogen and oxygen atoms in total. The zero-order valence-electron chi connectivity index (χ0n) is 11.7. The second kappa shape index (κ2) is 8.34. The van der Waals surface area contributed by atoms with Crippen LogP contribution < -0.4 is 4.72 Å². The third-order valence-electron chi connectivity index (χ3n) is 3.04. The lowest BCUT2D eigenvalue weighted by Gasteiger charge is -2.17. The maximum atomic E-state index is 12.1. The van der Waals surface area contributed by atoms with Crippen LogP contribution in [0, 0.1) is 0 Å². The van der Waals surface area contributed by atoms with Crippen molar-refractivity contribution in [1.82, 2.24) is 9.62 Å². The van der Waals surface area contributed by atoms with Gasteiger partial charge in [0.05, 0.1) is 9.92 Å². The molecule has 0 heterocycles. The Hall–Kier alpha value is -0.140. The van der Waals surface area contributed by atoms with Gasteiger partial charge in [0.2, 0.25) is 10.0 Å². The molecule has 0 amide bonds. The van der Waals surface area contributed by atoms with E-state index in [0.717, 1.165) is 26.1 Å². The van der Waals surface area contributed by atoms with Gasteiger partial charge in [-0.15, -0.1) is 0 Å². The highest BCUT2D eigenvalue weighted by molar-refractivity contribution is 9.10. The normalized spacial score (nSPS) is 12.1. The molecule has 0 saturated carbocycles. The van der Waals surface area contributed by atoms with Crippen LogP contribution in [0.1, 0.15) is 20.3 Å². The van der Waals surface area contributed by atoms with Crippen LogP contribution in [0.3, 0.4) is 0 Å². The van der Waals surface area contributed by atoms with Gasteiger partial charge in [-0.2, -0.15) is 0 Å². The largest absolute Gasteiger partial charge is 0.304 e. The standard InChI is InChI=1S/C13H20BrClN2O2S/c1-3-17(4-2)9-5-8-16-20(18,19)11-6-7-13(15)12(14)10-11/h6-7,10,16H,3-5,8-9H2,1-2H3. The Kier molecular flexibility index (Phi) is 7.47. The number of hydrogen-bond acceptors (Lipinski definition) is 3. The number of sulfonamides is 1. The van der Waals surface area contributed by atoms with E-state index < -0.39 is 10.0 Å². The van der Waals surface area contributed by atoms with Crippen LogP contribution >= 0.6 is 27.5 Å². The highest BCUT2D eigenvalue weighted by atomic mass is 79.9. The molecule has 0 spiro atoms. The number of nitrogens with zero attached hydrogens (tertiary/aromatic N) is 1. The van der Waals surface area contributed by atoms with Crippen LogP contribution in [0.15, 0.2) is 27.6 Å². The molecule has 0 atom stereocenters. The van der Waals surface area contributed by atoms with E-state index in [9.17, 15) is 8.42 Å². The van der Waals surface area contributed by atoms with Crippen LogP contribution in [0.4, 0.5) is 0 Å². The molecule has 1 aromatic carbocycles. The summed E-state index contributed by atoms with van der Waals surface area (Å²) in [7, 11) is -3.47. The van der Waals surface area contributed by atoms with E-state index >= 15 is 0 Å². The first-order chi connectivity index (χ1) is 9.40. The molecule has 0 radical (unpaired) electrons. The summed E-state index contributed by atoms with van der Waals surface area (Å²) in [5.41, 5.74) is 0. The molecule has 0 saturated heterocycles. The molecule has 0 fully saturated rings. The Balaban J connectivity index is 2.55. The molecule has 0 aliphatic rings. The molecule has 1 N–H and O–H groups in total. The minimum Gasteiger partial charge on any atom is -0.304 e. The minimum absolute atomic E-state index is 0.219. The zero-order chi connectivity index (χ0) is 15.2. The molecule has 0 bridgehead atoms. The van der Waals surface area contributed by atoms with Crippen molar-refractivity contribution in [2.45, 2.75) is 25.2 Å². The van der Waals surface area contributed by atoms with E-state index in [-0.39, 0.29) is 4.90 Å². The predicted octanol–water partition coefficient (Wildman–Crippen LogP) is 3.11. The average molecular weight is 384 g/mol. The summed E-state index contributed by atoms with van der Waals surface area (Å²) in [5, 5.41) is 0.491. The lowest BCUT2D eigenvalue weighted by Crippen LogP contribution is -2.30. The van der Waals surface area contributed by atoms with Crippen molar-refractivity contribution in [3.63, 3.8) is 0 Å². The first kappa shape index (κ1) is 17.9. The predicted molar refractivity (Wildman–Crippen MR) is 86.7 cm³/mol. The number of halogens is 2. The van der Waals surface area contributed by atoms with Crippen molar-refractivity contribution in [1.29, 1.82) is 0 Å². The van der Waals surface area contributed by atoms with Crippen molar-refractivity contribution >= 4 is 37.6 Å². The Morgan fingerprint density at radius 2 is 1.95 bits per heavy atom. The molecule has 1 aromatic rings. The van der Waals surface area contributed by atoms with Crippen molar-refractivity contribution in [3.05, 3.63) is 27.7 Å². The maximum absolute atomic E-state index is 12.1. The Bertz CT molecular complexity index is 533. The van der Waals surface area contributed by atoms with E-state index in [0.29, 0.717) is 16.0 Å². The first-order valence-electron chi connectivity index (χ1n) is 6.57. The van der Waals surface area contributed by atoms with Gasteiger partial charge < -0.3 is 4.90 Å². The van der Waals surface area contributed by atoms with E-state index in [2.05, 4.69) is 39.4 Å². The zero-order valence-corrected chi connectivity index (χ0v) is 14.9. The quantitative estimate of drug-likeness (QED) is 0.702. The second-order valence-corrected chi connectivity index (χ2v) is 7.38. The van der Waals surface area contributed by atoms with Gasteiger partial charge in [-0.1, -0.05) is 25.4 Å². The van der Waals surface area contributed by atoms with Gasteiger partial charge in [0.1, 0.15) is 0 Å². The highest BCUT2D eigenvalue weighted by Crippen LogP contribution is 2.25. The van der Waals surface area contributed by atoms with Crippen LogP contribution in [0.2, 0.25) is 5.02 Å². The third-order valence-corrected chi connectivity index (χ3v) is 5.71. The second-order valence-electron chi connectivity index (χ2n) is 4.35. The molecular formula is C13H20BrClN2O2S. The summed E-state index contributed by atoms with van der Waals surface area (Å²) < 4.78 is 27.4. The fourth-order valence-corrected chi connectivity index (χ4v) is 3.52. The fraction of sp³-hybridized carbons (Fsp3) is 0.538. The smallest absolute Gasteiger partial charge is 0.240 e. The Labute approximate surface area is 134 Å². The molecular weight excluding hydrogens is 364 g/mol. The van der Waals surface area contributed by atoms with E-state index in [1.807, 2.05) is 0 Å². The number of rotatable bonds is 8. The van der Waals surface area contributed by atoms with Gasteiger partial charge in [-0.05, 0) is 60.2 Å². The number of benzene rings is 1. The molecule has 20 heavy (non-hydrogen) atoms. The molecule has 0 aromatic heterocycles. The number of nitrogens with one attached hydrogen (secondary N) is 1. The van der Waals surface area contributed by atoms with Crippen LogP contribution in [0.25, 0.3) is 0 Å². The summed E-state index contributed by atoms with van der Waals surface area (Å²) in [5.74, 6) is 0. The van der Waals surface area contributed by atoms with Crippen LogP contribution in [-0.2, 0) is 10.0 Å². The summed E-state index contributed by atoms with van der Waals surface area (Å²) in [6.07, 6.45) is 0.787. The summed E-state index contributed by atoms with van der Waals surface area (Å²) in [6, 6.07) is 4.57. The molecule has 0 aliphatic carbocycles. The van der Waals surface area contributed by atoms with Crippen LogP contribution in [0.5, 0.6) is 0 Å². The van der Waals surface area contributed by atoms with Gasteiger partial charge in [-0.25, -0.2) is 13.1 Å². The van der Waals surface area contributed by atoms with Crippen molar-refractivity contribution in [2.24, 2.45) is 0 Å². The summed E-state index contributed by atoms with van der Waals surface area (Å²) >= 11 is 9.08. The van der Waals surface area contributed by atoms with Gasteiger partial charge in [0.15, 0.2) is 0 Å². The van der Waals surface area contributed by atoms with Gasteiger partial charge >= 0.3 is 0 Å². The first-order valence-corrected chi connectivity index (χ1v) is 9.23.